The Bertz CT molecular complexity index is 682. The highest BCUT2D eigenvalue weighted by Gasteiger charge is 2.45. The summed E-state index contributed by atoms with van der Waals surface area (Å²) in [5.41, 5.74) is -0.684. The van der Waals surface area contributed by atoms with Gasteiger partial charge in [-0.1, -0.05) is 60.7 Å². The number of Topliss-reactive ketones (excluding diaryl/α,β-unsaturated/α-hetero) is 1. The Kier molecular flexibility index (Phi) is 5.47. The van der Waals surface area contributed by atoms with E-state index in [-0.39, 0.29) is 0 Å². The molecular formula is C19H18O5. The van der Waals surface area contributed by atoms with Crippen molar-refractivity contribution in [2.75, 3.05) is 6.61 Å². The van der Waals surface area contributed by atoms with Crippen LogP contribution < -0.4 is 0 Å². The standard InChI is InChI=1S/C19H18O5/c1-14(20)23-13-18(22)19(24-15(2)21,16-9-5-3-6-10-16)17-11-7-4-8-12-17/h3-12H,13H2,1-2H3. The van der Waals surface area contributed by atoms with Gasteiger partial charge in [0.25, 0.3) is 0 Å². The number of hydrogen-bond donors (Lipinski definition) is 0. The fraction of sp³-hybridized carbons (Fsp3) is 0.211. The van der Waals surface area contributed by atoms with Crippen molar-refractivity contribution in [1.29, 1.82) is 0 Å². The Morgan fingerprint density at radius 2 is 1.25 bits per heavy atom. The molecule has 0 spiro atoms. The minimum absolute atomic E-state index is 0.489. The zero-order chi connectivity index (χ0) is 17.6. The summed E-state index contributed by atoms with van der Waals surface area (Å²) < 4.78 is 10.4. The monoisotopic (exact) mass is 326 g/mol. The van der Waals surface area contributed by atoms with Gasteiger partial charge in [-0.15, -0.1) is 0 Å². The van der Waals surface area contributed by atoms with Gasteiger partial charge < -0.3 is 9.47 Å². The van der Waals surface area contributed by atoms with Crippen LogP contribution in [0.25, 0.3) is 0 Å². The highest BCUT2D eigenvalue weighted by Crippen LogP contribution is 2.35. The largest absolute Gasteiger partial charge is 0.458 e. The first kappa shape index (κ1) is 17.4. The molecule has 0 bridgehead atoms. The van der Waals surface area contributed by atoms with E-state index in [9.17, 15) is 14.4 Å². The number of hydrogen-bond acceptors (Lipinski definition) is 5. The van der Waals surface area contributed by atoms with E-state index in [1.54, 1.807) is 60.7 Å². The van der Waals surface area contributed by atoms with E-state index < -0.39 is 29.9 Å². The number of carbonyl (C=O) groups excluding carboxylic acids is 3. The van der Waals surface area contributed by atoms with E-state index in [0.717, 1.165) is 0 Å². The topological polar surface area (TPSA) is 69.7 Å². The number of rotatable bonds is 6. The molecule has 0 radical (unpaired) electrons. The predicted molar refractivity (Wildman–Crippen MR) is 87.1 cm³/mol. The van der Waals surface area contributed by atoms with E-state index >= 15 is 0 Å². The van der Waals surface area contributed by atoms with Crippen molar-refractivity contribution in [2.45, 2.75) is 19.4 Å². The molecule has 2 aromatic rings. The van der Waals surface area contributed by atoms with Gasteiger partial charge in [-0.2, -0.15) is 0 Å². The van der Waals surface area contributed by atoms with E-state index in [4.69, 9.17) is 9.47 Å². The maximum atomic E-state index is 13.0. The van der Waals surface area contributed by atoms with Gasteiger partial charge in [0.15, 0.2) is 6.61 Å². The van der Waals surface area contributed by atoms with Crippen LogP contribution >= 0.6 is 0 Å². The SMILES string of the molecule is CC(=O)OCC(=O)C(OC(C)=O)(c1ccccc1)c1ccccc1. The Morgan fingerprint density at radius 3 is 1.62 bits per heavy atom. The Balaban J connectivity index is 2.62. The predicted octanol–water partition coefficient (Wildman–Crippen LogP) is 2.63. The molecule has 5 nitrogen and oxygen atoms in total. The first-order valence-corrected chi connectivity index (χ1v) is 7.44. The Morgan fingerprint density at radius 1 is 0.792 bits per heavy atom. The third kappa shape index (κ3) is 3.68. The van der Waals surface area contributed by atoms with Crippen LogP contribution in [0.1, 0.15) is 25.0 Å². The van der Waals surface area contributed by atoms with Crippen LogP contribution in [-0.4, -0.2) is 24.3 Å². The summed E-state index contributed by atoms with van der Waals surface area (Å²) in [4.78, 5) is 35.8. The summed E-state index contributed by atoms with van der Waals surface area (Å²) in [5.74, 6) is -1.73. The van der Waals surface area contributed by atoms with Crippen LogP contribution in [-0.2, 0) is 29.5 Å². The minimum Gasteiger partial charge on any atom is -0.458 e. The average Bonchev–Trinajstić information content (AvgIpc) is 2.59. The lowest BCUT2D eigenvalue weighted by Crippen LogP contribution is -2.43. The summed E-state index contributed by atoms with van der Waals surface area (Å²) in [6, 6.07) is 17.4. The van der Waals surface area contributed by atoms with Crippen LogP contribution in [0.5, 0.6) is 0 Å². The van der Waals surface area contributed by atoms with Gasteiger partial charge in [0, 0.05) is 25.0 Å². The second kappa shape index (κ2) is 7.55. The molecule has 2 rings (SSSR count). The molecule has 0 aliphatic heterocycles. The second-order valence-corrected chi connectivity index (χ2v) is 5.21. The van der Waals surface area contributed by atoms with Gasteiger partial charge in [-0.3, -0.25) is 14.4 Å². The summed E-state index contributed by atoms with van der Waals surface area (Å²) in [7, 11) is 0. The van der Waals surface area contributed by atoms with Gasteiger partial charge in [0.05, 0.1) is 0 Å². The average molecular weight is 326 g/mol. The van der Waals surface area contributed by atoms with Crippen molar-refractivity contribution in [3.05, 3.63) is 71.8 Å². The molecule has 0 aliphatic rings. The van der Waals surface area contributed by atoms with Gasteiger partial charge >= 0.3 is 11.9 Å². The van der Waals surface area contributed by atoms with Crippen LogP contribution in [0.3, 0.4) is 0 Å². The maximum Gasteiger partial charge on any atom is 0.304 e. The molecule has 0 N–H and O–H groups in total. The third-order valence-electron chi connectivity index (χ3n) is 3.46. The molecule has 5 heteroatoms. The normalized spacial score (nSPS) is 10.8. The van der Waals surface area contributed by atoms with Crippen LogP contribution in [0, 0.1) is 0 Å². The Hall–Kier alpha value is -2.95. The van der Waals surface area contributed by atoms with E-state index in [1.165, 1.54) is 13.8 Å². The molecule has 0 aromatic heterocycles. The molecule has 124 valence electrons. The van der Waals surface area contributed by atoms with Gasteiger partial charge in [-0.05, 0) is 0 Å². The van der Waals surface area contributed by atoms with Crippen molar-refractivity contribution >= 4 is 17.7 Å². The zero-order valence-electron chi connectivity index (χ0n) is 13.5. The lowest BCUT2D eigenvalue weighted by Gasteiger charge is -2.32. The number of esters is 2. The molecule has 0 aliphatic carbocycles. The second-order valence-electron chi connectivity index (χ2n) is 5.21. The molecule has 0 fully saturated rings. The first-order valence-electron chi connectivity index (χ1n) is 7.44. The number of ether oxygens (including phenoxy) is 2. The lowest BCUT2D eigenvalue weighted by molar-refractivity contribution is -0.166. The molecule has 2 aromatic carbocycles. The zero-order valence-corrected chi connectivity index (χ0v) is 13.5. The lowest BCUT2D eigenvalue weighted by atomic mass is 9.82. The minimum atomic E-state index is -1.66. The molecule has 24 heavy (non-hydrogen) atoms. The number of ketones is 1. The fourth-order valence-corrected chi connectivity index (χ4v) is 2.49. The molecular weight excluding hydrogens is 308 g/mol. The molecule has 0 saturated heterocycles. The number of benzene rings is 2. The van der Waals surface area contributed by atoms with Crippen LogP contribution in [0.15, 0.2) is 60.7 Å². The Labute approximate surface area is 140 Å². The summed E-state index contributed by atoms with van der Waals surface area (Å²) in [6.45, 7) is 1.96. The van der Waals surface area contributed by atoms with Gasteiger partial charge in [-0.25, -0.2) is 0 Å². The van der Waals surface area contributed by atoms with Crippen LogP contribution in [0.4, 0.5) is 0 Å². The summed E-state index contributed by atoms with van der Waals surface area (Å²) in [5, 5.41) is 0. The highest BCUT2D eigenvalue weighted by molar-refractivity contribution is 5.95. The van der Waals surface area contributed by atoms with Crippen molar-refractivity contribution in [3.8, 4) is 0 Å². The van der Waals surface area contributed by atoms with Gasteiger partial charge in [0.1, 0.15) is 0 Å². The molecule has 0 atom stereocenters. The maximum absolute atomic E-state index is 13.0. The molecule has 0 heterocycles. The molecule has 0 unspecified atom stereocenters. The number of carbonyl (C=O) groups is 3. The van der Waals surface area contributed by atoms with Crippen molar-refractivity contribution in [1.82, 2.24) is 0 Å². The van der Waals surface area contributed by atoms with Crippen LogP contribution in [0.2, 0.25) is 0 Å². The van der Waals surface area contributed by atoms with Gasteiger partial charge in [0.2, 0.25) is 11.4 Å². The van der Waals surface area contributed by atoms with E-state index in [2.05, 4.69) is 0 Å². The summed E-state index contributed by atoms with van der Waals surface area (Å²) >= 11 is 0. The quantitative estimate of drug-likeness (QED) is 0.763. The van der Waals surface area contributed by atoms with Crippen molar-refractivity contribution in [2.24, 2.45) is 0 Å². The van der Waals surface area contributed by atoms with Crippen molar-refractivity contribution in [3.63, 3.8) is 0 Å². The molecule has 0 saturated carbocycles. The van der Waals surface area contributed by atoms with E-state index in [0.29, 0.717) is 11.1 Å². The molecule has 0 amide bonds. The fourth-order valence-electron chi connectivity index (χ4n) is 2.49. The summed E-state index contributed by atoms with van der Waals surface area (Å²) in [6.07, 6.45) is 0. The highest BCUT2D eigenvalue weighted by atomic mass is 16.6. The van der Waals surface area contributed by atoms with E-state index in [1.807, 2.05) is 0 Å². The van der Waals surface area contributed by atoms with Crippen molar-refractivity contribution < 1.29 is 23.9 Å². The third-order valence-corrected chi connectivity index (χ3v) is 3.46. The first-order chi connectivity index (χ1) is 11.5. The smallest absolute Gasteiger partial charge is 0.304 e.